The van der Waals surface area contributed by atoms with E-state index in [0.717, 1.165) is 16.8 Å². The van der Waals surface area contributed by atoms with Crippen molar-refractivity contribution in [2.24, 2.45) is 5.73 Å². The Morgan fingerprint density at radius 1 is 1.40 bits per heavy atom. The van der Waals surface area contributed by atoms with Crippen LogP contribution < -0.4 is 21.1 Å². The zero-order valence-corrected chi connectivity index (χ0v) is 20.2. The van der Waals surface area contributed by atoms with Crippen molar-refractivity contribution < 1.29 is 14.3 Å². The van der Waals surface area contributed by atoms with E-state index in [-0.39, 0.29) is 6.61 Å². The lowest BCUT2D eigenvalue weighted by atomic mass is 9.83. The first-order chi connectivity index (χ1) is 16.7. The van der Waals surface area contributed by atoms with Gasteiger partial charge in [0, 0.05) is 29.9 Å². The molecule has 0 fully saturated rings. The second-order valence-corrected chi connectivity index (χ2v) is 8.91. The molecule has 3 aromatic rings. The summed E-state index contributed by atoms with van der Waals surface area (Å²) in [5, 5.41) is 16.6. The first-order valence-electron chi connectivity index (χ1n) is 10.8. The van der Waals surface area contributed by atoms with Gasteiger partial charge in [0.1, 0.15) is 24.4 Å². The van der Waals surface area contributed by atoms with E-state index in [2.05, 4.69) is 31.7 Å². The molecule has 1 aliphatic rings. The van der Waals surface area contributed by atoms with E-state index < -0.39 is 17.4 Å². The molecule has 0 spiro atoms. The largest absolute Gasteiger partial charge is 0.480 e. The molecule has 0 saturated heterocycles. The number of carbonyl (C=O) groups is 1. The van der Waals surface area contributed by atoms with Gasteiger partial charge in [-0.3, -0.25) is 4.79 Å². The molecule has 4 rings (SSSR count). The number of hydrogen-bond donors (Lipinski definition) is 3. The monoisotopic (exact) mass is 493 g/mol. The van der Waals surface area contributed by atoms with Crippen LogP contribution in [0.3, 0.4) is 0 Å². The van der Waals surface area contributed by atoms with Gasteiger partial charge >= 0.3 is 5.97 Å². The lowest BCUT2D eigenvalue weighted by molar-refractivity contribution is -0.146. The molecule has 0 unspecified atom stereocenters. The molecule has 0 radical (unpaired) electrons. The Hall–Kier alpha value is -3.94. The Kier molecular flexibility index (Phi) is 6.73. The number of aromatic nitrogens is 3. The number of ether oxygens (including phenoxy) is 2. The highest BCUT2D eigenvalue weighted by atomic mass is 35.5. The van der Waals surface area contributed by atoms with Gasteiger partial charge in [-0.25, -0.2) is 15.0 Å². The number of fused-ring (bicyclic) bond motifs is 1. The summed E-state index contributed by atoms with van der Waals surface area (Å²) in [7, 11) is 1.50. The van der Waals surface area contributed by atoms with Crippen molar-refractivity contribution in [3.8, 4) is 23.2 Å². The Bertz CT molecular complexity index is 1320. The zero-order chi connectivity index (χ0) is 25.2. The molecular weight excluding hydrogens is 470 g/mol. The van der Waals surface area contributed by atoms with Gasteiger partial charge < -0.3 is 25.8 Å². The standard InChI is InChI=1S/C24H24ClN7O3/c1-13(27)22(33)35-12-24(2)11-30-20-15(9-26)6-14(7-17(20)24)18-4-5-28-23(31-18)32-19-8-16(25)10-29-21(19)34-3/h4-8,10,13,30H,11-12,27H2,1-3H3,(H,28,31,32)/t13-,24-/m0/s1. The summed E-state index contributed by atoms with van der Waals surface area (Å²) in [6, 6.07) is 8.65. The second-order valence-electron chi connectivity index (χ2n) is 8.47. The molecule has 10 nitrogen and oxygen atoms in total. The normalized spacial score (nSPS) is 17.0. The Morgan fingerprint density at radius 3 is 2.91 bits per heavy atom. The molecule has 11 heteroatoms. The van der Waals surface area contributed by atoms with Crippen LogP contribution in [0, 0.1) is 11.3 Å². The summed E-state index contributed by atoms with van der Waals surface area (Å²) in [6.45, 7) is 4.18. The molecule has 4 N–H and O–H groups in total. The van der Waals surface area contributed by atoms with Crippen LogP contribution in [-0.4, -0.2) is 47.2 Å². The molecule has 1 aromatic carbocycles. The lowest BCUT2D eigenvalue weighted by Gasteiger charge is -2.24. The van der Waals surface area contributed by atoms with Crippen molar-refractivity contribution in [1.29, 1.82) is 5.26 Å². The SMILES string of the molecule is COc1ncc(Cl)cc1Nc1nccc(-c2cc(C#N)c3c(c2)[C@](C)(COC(=O)[C@H](C)N)CN3)n1. The van der Waals surface area contributed by atoms with Gasteiger partial charge in [-0.2, -0.15) is 5.26 Å². The molecule has 35 heavy (non-hydrogen) atoms. The Balaban J connectivity index is 1.69. The molecular formula is C24H24ClN7O3. The molecule has 3 heterocycles. The minimum atomic E-state index is -0.714. The summed E-state index contributed by atoms with van der Waals surface area (Å²) >= 11 is 6.07. The van der Waals surface area contributed by atoms with Crippen molar-refractivity contribution in [1.82, 2.24) is 15.0 Å². The maximum atomic E-state index is 12.0. The van der Waals surface area contributed by atoms with Crippen molar-refractivity contribution in [3.63, 3.8) is 0 Å². The minimum Gasteiger partial charge on any atom is -0.480 e. The molecule has 0 aliphatic carbocycles. The topological polar surface area (TPSA) is 148 Å². The fraction of sp³-hybridized carbons (Fsp3) is 0.292. The highest BCUT2D eigenvalue weighted by Gasteiger charge is 2.38. The number of benzene rings is 1. The molecule has 2 atom stereocenters. The summed E-state index contributed by atoms with van der Waals surface area (Å²) in [4.78, 5) is 25.0. The number of carbonyl (C=O) groups excluding carboxylic acids is 1. The third-order valence-corrected chi connectivity index (χ3v) is 5.88. The van der Waals surface area contributed by atoms with E-state index in [1.54, 1.807) is 31.3 Å². The molecule has 0 amide bonds. The van der Waals surface area contributed by atoms with Gasteiger partial charge in [-0.15, -0.1) is 0 Å². The molecule has 0 bridgehead atoms. The van der Waals surface area contributed by atoms with Crippen LogP contribution in [0.15, 0.2) is 36.7 Å². The van der Waals surface area contributed by atoms with E-state index in [9.17, 15) is 10.1 Å². The van der Waals surface area contributed by atoms with Crippen LogP contribution in [0.4, 0.5) is 17.3 Å². The third-order valence-electron chi connectivity index (χ3n) is 5.68. The Morgan fingerprint density at radius 2 is 2.20 bits per heavy atom. The summed E-state index contributed by atoms with van der Waals surface area (Å²) in [5.74, 6) is 0.167. The van der Waals surface area contributed by atoms with Crippen LogP contribution in [0.25, 0.3) is 11.3 Å². The smallest absolute Gasteiger partial charge is 0.322 e. The van der Waals surface area contributed by atoms with Crippen molar-refractivity contribution in [3.05, 3.63) is 52.8 Å². The number of halogens is 1. The predicted octanol–water partition coefficient (Wildman–Crippen LogP) is 3.39. The number of rotatable bonds is 7. The number of esters is 1. The van der Waals surface area contributed by atoms with E-state index >= 15 is 0 Å². The number of methoxy groups -OCH3 is 1. The van der Waals surface area contributed by atoms with Gasteiger partial charge in [-0.05, 0) is 36.8 Å². The van der Waals surface area contributed by atoms with Crippen LogP contribution >= 0.6 is 11.6 Å². The number of nitrogens with zero attached hydrogens (tertiary/aromatic N) is 4. The van der Waals surface area contributed by atoms with Gasteiger partial charge in [0.15, 0.2) is 0 Å². The van der Waals surface area contributed by atoms with Crippen LogP contribution in [0.2, 0.25) is 5.02 Å². The summed E-state index contributed by atoms with van der Waals surface area (Å²) < 4.78 is 10.7. The average Bonchev–Trinajstić information content (AvgIpc) is 3.19. The number of nitriles is 1. The zero-order valence-electron chi connectivity index (χ0n) is 19.4. The van der Waals surface area contributed by atoms with E-state index in [0.29, 0.717) is 40.3 Å². The highest BCUT2D eigenvalue weighted by Crippen LogP contribution is 2.41. The average molecular weight is 494 g/mol. The van der Waals surface area contributed by atoms with Crippen molar-refractivity contribution in [2.45, 2.75) is 25.3 Å². The molecule has 180 valence electrons. The van der Waals surface area contributed by atoms with Gasteiger partial charge in [-0.1, -0.05) is 18.5 Å². The first kappa shape index (κ1) is 24.2. The summed E-state index contributed by atoms with van der Waals surface area (Å²) in [5.41, 5.74) is 8.95. The van der Waals surface area contributed by atoms with Crippen LogP contribution in [0.1, 0.15) is 25.0 Å². The quantitative estimate of drug-likeness (QED) is 0.418. The van der Waals surface area contributed by atoms with Crippen LogP contribution in [-0.2, 0) is 14.9 Å². The van der Waals surface area contributed by atoms with E-state index in [4.69, 9.17) is 26.8 Å². The first-order valence-corrected chi connectivity index (χ1v) is 11.2. The van der Waals surface area contributed by atoms with Crippen LogP contribution in [0.5, 0.6) is 5.88 Å². The van der Waals surface area contributed by atoms with Gasteiger partial charge in [0.05, 0.1) is 29.1 Å². The minimum absolute atomic E-state index is 0.125. The maximum absolute atomic E-state index is 12.0. The fourth-order valence-corrected chi connectivity index (χ4v) is 3.95. The van der Waals surface area contributed by atoms with Crippen molar-refractivity contribution >= 4 is 34.9 Å². The fourth-order valence-electron chi connectivity index (χ4n) is 3.79. The third kappa shape index (κ3) is 4.96. The Labute approximate surface area is 207 Å². The van der Waals surface area contributed by atoms with E-state index in [1.807, 2.05) is 13.0 Å². The van der Waals surface area contributed by atoms with Gasteiger partial charge in [0.2, 0.25) is 11.8 Å². The van der Waals surface area contributed by atoms with Gasteiger partial charge in [0.25, 0.3) is 0 Å². The maximum Gasteiger partial charge on any atom is 0.322 e. The number of nitrogens with one attached hydrogen (secondary N) is 2. The second kappa shape index (κ2) is 9.74. The van der Waals surface area contributed by atoms with E-state index in [1.165, 1.54) is 13.3 Å². The summed E-state index contributed by atoms with van der Waals surface area (Å²) in [6.07, 6.45) is 3.09. The molecule has 0 saturated carbocycles. The predicted molar refractivity (Wildman–Crippen MR) is 132 cm³/mol. The number of pyridine rings is 1. The lowest BCUT2D eigenvalue weighted by Crippen LogP contribution is -2.36. The number of nitrogens with two attached hydrogens (primary N) is 1. The molecule has 1 aliphatic heterocycles. The number of anilines is 3. The molecule has 2 aromatic heterocycles. The highest BCUT2D eigenvalue weighted by molar-refractivity contribution is 6.30. The van der Waals surface area contributed by atoms with Crippen molar-refractivity contribution in [2.75, 3.05) is 30.9 Å². The number of hydrogen-bond acceptors (Lipinski definition) is 10.